The summed E-state index contributed by atoms with van der Waals surface area (Å²) in [5.41, 5.74) is 6.30. The van der Waals surface area contributed by atoms with Gasteiger partial charge in [0.2, 0.25) is 0 Å². The molecule has 0 radical (unpaired) electrons. The van der Waals surface area contributed by atoms with Crippen LogP contribution in [-0.2, 0) is 23.4 Å². The van der Waals surface area contributed by atoms with Crippen LogP contribution in [0.15, 0.2) is 71.6 Å². The first-order chi connectivity index (χ1) is 14.2. The maximum Gasteiger partial charge on any atom is 0.341 e. The Morgan fingerprint density at radius 1 is 0.862 bits per heavy atom. The lowest BCUT2D eigenvalue weighted by Gasteiger charge is -2.22. The molecular weight excluding hydrogens is 380 g/mol. The maximum absolute atomic E-state index is 10.9. The number of thioether (sulfide) groups is 1. The number of carboxylic acid groups (broad SMARTS) is 1. The van der Waals surface area contributed by atoms with Gasteiger partial charge in [-0.2, -0.15) is 0 Å². The first kappa shape index (κ1) is 19.6. The summed E-state index contributed by atoms with van der Waals surface area (Å²) in [5.74, 6) is 0.710. The van der Waals surface area contributed by atoms with Gasteiger partial charge in [0.15, 0.2) is 6.61 Å². The van der Waals surface area contributed by atoms with Crippen molar-refractivity contribution in [2.75, 3.05) is 6.61 Å². The highest BCUT2D eigenvalue weighted by Gasteiger charge is 2.19. The minimum absolute atomic E-state index is 0.285. The number of rotatable bonds is 7. The Labute approximate surface area is 175 Å². The number of fused-ring (bicyclic) bond motifs is 1. The summed E-state index contributed by atoms with van der Waals surface area (Å²) in [6.45, 7) is -0.285. The fourth-order valence-corrected chi connectivity index (χ4v) is 4.88. The van der Waals surface area contributed by atoms with Gasteiger partial charge in [-0.3, -0.25) is 0 Å². The summed E-state index contributed by atoms with van der Waals surface area (Å²) < 4.78 is 5.53. The zero-order valence-electron chi connectivity index (χ0n) is 16.3. The first-order valence-corrected chi connectivity index (χ1v) is 11.0. The highest BCUT2D eigenvalue weighted by Crippen LogP contribution is 2.38. The van der Waals surface area contributed by atoms with E-state index in [0.29, 0.717) is 0 Å². The molecule has 0 bridgehead atoms. The summed E-state index contributed by atoms with van der Waals surface area (Å²) in [6, 6.07) is 23.2. The molecule has 4 rings (SSSR count). The van der Waals surface area contributed by atoms with Crippen molar-refractivity contribution < 1.29 is 14.6 Å². The van der Waals surface area contributed by atoms with Crippen LogP contribution in [0.1, 0.15) is 29.5 Å². The van der Waals surface area contributed by atoms with E-state index in [-0.39, 0.29) is 6.61 Å². The molecule has 0 unspecified atom stereocenters. The summed E-state index contributed by atoms with van der Waals surface area (Å²) in [6.07, 6.45) is 4.31. The normalized spacial score (nSPS) is 13.0. The van der Waals surface area contributed by atoms with E-state index in [1.807, 2.05) is 23.9 Å². The Bertz CT molecular complexity index is 981. The lowest BCUT2D eigenvalue weighted by molar-refractivity contribution is -0.139. The minimum Gasteiger partial charge on any atom is -0.482 e. The molecule has 0 heterocycles. The van der Waals surface area contributed by atoms with E-state index >= 15 is 0 Å². The van der Waals surface area contributed by atoms with Gasteiger partial charge in [-0.15, -0.1) is 11.8 Å². The molecule has 3 nitrogen and oxygen atoms in total. The Morgan fingerprint density at radius 3 is 2.28 bits per heavy atom. The summed E-state index contributed by atoms with van der Waals surface area (Å²) in [7, 11) is 0. The summed E-state index contributed by atoms with van der Waals surface area (Å²) in [4.78, 5) is 12.1. The Balaban J connectivity index is 1.47. The van der Waals surface area contributed by atoms with E-state index < -0.39 is 5.97 Å². The quantitative estimate of drug-likeness (QED) is 0.492. The van der Waals surface area contributed by atoms with Gasteiger partial charge in [0.1, 0.15) is 5.75 Å². The molecule has 0 aliphatic heterocycles. The van der Waals surface area contributed by atoms with E-state index in [1.54, 1.807) is 0 Å². The van der Waals surface area contributed by atoms with Crippen LogP contribution >= 0.6 is 11.8 Å². The maximum atomic E-state index is 10.9. The molecule has 1 aliphatic rings. The van der Waals surface area contributed by atoms with Gasteiger partial charge in [-0.1, -0.05) is 54.6 Å². The fraction of sp³-hybridized carbons (Fsp3) is 0.240. The number of hydrogen-bond donors (Lipinski definition) is 1. The molecule has 0 saturated heterocycles. The number of carboxylic acids is 1. The van der Waals surface area contributed by atoms with E-state index in [1.165, 1.54) is 39.1 Å². The highest BCUT2D eigenvalue weighted by atomic mass is 32.2. The van der Waals surface area contributed by atoms with Crippen LogP contribution in [0.25, 0.3) is 11.1 Å². The van der Waals surface area contributed by atoms with Crippen molar-refractivity contribution in [1.82, 2.24) is 0 Å². The lowest BCUT2D eigenvalue weighted by atomic mass is 9.91. The van der Waals surface area contributed by atoms with Gasteiger partial charge in [-0.25, -0.2) is 4.79 Å². The van der Waals surface area contributed by atoms with Crippen molar-refractivity contribution in [3.8, 4) is 16.9 Å². The zero-order chi connectivity index (χ0) is 20.1. The lowest BCUT2D eigenvalue weighted by Crippen LogP contribution is -2.13. The molecule has 3 aromatic rings. The fourth-order valence-electron chi connectivity index (χ4n) is 3.80. The van der Waals surface area contributed by atoms with Gasteiger partial charge >= 0.3 is 5.97 Å². The van der Waals surface area contributed by atoms with Gasteiger partial charge in [0.25, 0.3) is 0 Å². The first-order valence-electron chi connectivity index (χ1n) is 9.97. The second kappa shape index (κ2) is 9.19. The van der Waals surface area contributed by atoms with Crippen LogP contribution in [0.2, 0.25) is 0 Å². The van der Waals surface area contributed by atoms with Crippen molar-refractivity contribution in [3.05, 3.63) is 83.4 Å². The molecule has 0 fully saturated rings. The second-order valence-electron chi connectivity index (χ2n) is 7.26. The van der Waals surface area contributed by atoms with Gasteiger partial charge < -0.3 is 9.84 Å². The van der Waals surface area contributed by atoms with Crippen LogP contribution in [-0.4, -0.2) is 17.7 Å². The van der Waals surface area contributed by atoms with Crippen LogP contribution in [0, 0.1) is 0 Å². The topological polar surface area (TPSA) is 46.5 Å². The molecule has 1 N–H and O–H groups in total. The summed E-state index contributed by atoms with van der Waals surface area (Å²) >= 11 is 1.85. The predicted octanol–water partition coefficient (Wildman–Crippen LogP) is 5.99. The average Bonchev–Trinajstić information content (AvgIpc) is 2.77. The number of aliphatic carboxylic acids is 1. The van der Waals surface area contributed by atoms with Crippen molar-refractivity contribution in [2.24, 2.45) is 0 Å². The molecule has 1 aliphatic carbocycles. The third-order valence-corrected chi connectivity index (χ3v) is 6.43. The molecule has 0 saturated carbocycles. The van der Waals surface area contributed by atoms with Crippen LogP contribution in [0.4, 0.5) is 0 Å². The second-order valence-corrected chi connectivity index (χ2v) is 8.28. The molecule has 0 aromatic heterocycles. The van der Waals surface area contributed by atoms with E-state index in [0.717, 1.165) is 30.8 Å². The summed E-state index contributed by atoms with van der Waals surface area (Å²) in [5, 5.41) is 8.91. The molecule has 0 amide bonds. The van der Waals surface area contributed by atoms with E-state index in [4.69, 9.17) is 9.84 Å². The van der Waals surface area contributed by atoms with Gasteiger partial charge in [-0.05, 0) is 65.6 Å². The molecule has 148 valence electrons. The van der Waals surface area contributed by atoms with Crippen LogP contribution in [0.3, 0.4) is 0 Å². The molecule has 3 aromatic carbocycles. The minimum atomic E-state index is -0.938. The van der Waals surface area contributed by atoms with E-state index in [2.05, 4.69) is 54.6 Å². The third kappa shape index (κ3) is 4.83. The molecule has 29 heavy (non-hydrogen) atoms. The van der Waals surface area contributed by atoms with E-state index in [9.17, 15) is 4.79 Å². The monoisotopic (exact) mass is 404 g/mol. The predicted molar refractivity (Wildman–Crippen MR) is 118 cm³/mol. The smallest absolute Gasteiger partial charge is 0.341 e. The van der Waals surface area contributed by atoms with Crippen molar-refractivity contribution in [1.29, 1.82) is 0 Å². The number of ether oxygens (including phenoxy) is 1. The van der Waals surface area contributed by atoms with Gasteiger partial charge in [0.05, 0.1) is 0 Å². The standard InChI is InChI=1S/C25H24O3S/c26-25(27)16-28-23-14-15-24(22-9-5-4-8-21(22)23)29-17-18-10-12-20(13-11-18)19-6-2-1-3-7-19/h1-3,6-7,10-15H,4-5,8-9,16-17H2,(H,26,27). The molecular formula is C25H24O3S. The number of hydrogen-bond acceptors (Lipinski definition) is 3. The third-order valence-electron chi connectivity index (χ3n) is 5.26. The molecule has 0 atom stereocenters. The molecule has 0 spiro atoms. The Kier molecular flexibility index (Phi) is 6.20. The number of benzene rings is 3. The average molecular weight is 405 g/mol. The van der Waals surface area contributed by atoms with Crippen molar-refractivity contribution in [2.45, 2.75) is 36.3 Å². The number of carbonyl (C=O) groups is 1. The molecule has 4 heteroatoms. The zero-order valence-corrected chi connectivity index (χ0v) is 17.1. The van der Waals surface area contributed by atoms with Crippen LogP contribution in [0.5, 0.6) is 5.75 Å². The van der Waals surface area contributed by atoms with Gasteiger partial charge in [0, 0.05) is 10.6 Å². The SMILES string of the molecule is O=C(O)COc1ccc(SCc2ccc(-c3ccccc3)cc2)c2c1CCCC2. The highest BCUT2D eigenvalue weighted by molar-refractivity contribution is 7.98. The van der Waals surface area contributed by atoms with Crippen LogP contribution < -0.4 is 4.74 Å². The van der Waals surface area contributed by atoms with Crippen molar-refractivity contribution >= 4 is 17.7 Å². The Hall–Kier alpha value is -2.72. The Morgan fingerprint density at radius 2 is 1.55 bits per heavy atom. The van der Waals surface area contributed by atoms with Crippen molar-refractivity contribution in [3.63, 3.8) is 0 Å². The largest absolute Gasteiger partial charge is 0.482 e.